The summed E-state index contributed by atoms with van der Waals surface area (Å²) in [5, 5.41) is 14.1. The summed E-state index contributed by atoms with van der Waals surface area (Å²) in [4.78, 5) is 40.8. The Morgan fingerprint density at radius 2 is 1.76 bits per heavy atom. The number of amides is 3. The van der Waals surface area contributed by atoms with Gasteiger partial charge in [-0.15, -0.1) is 5.10 Å². The molecule has 0 spiro atoms. The van der Waals surface area contributed by atoms with Gasteiger partial charge in [0.15, 0.2) is 6.04 Å². The number of hydrogen-bond acceptors (Lipinski definition) is 6. The number of nitrogens with zero attached hydrogens (tertiary/aromatic N) is 4. The zero-order valence-electron chi connectivity index (χ0n) is 22.2. The molecule has 2 heterocycles. The lowest BCUT2D eigenvalue weighted by Crippen LogP contribution is -2.51. The average Bonchev–Trinajstić information content (AvgIpc) is 3.48. The number of aromatic nitrogens is 3. The number of benzene rings is 2. The maximum Gasteiger partial charge on any atom is 0.251 e. The minimum absolute atomic E-state index is 0.158. The van der Waals surface area contributed by atoms with Crippen molar-refractivity contribution < 1.29 is 18.8 Å². The second-order valence-corrected chi connectivity index (χ2v) is 9.81. The largest absolute Gasteiger partial charge is 0.464 e. The molecular formula is C28H32N6O4. The second-order valence-electron chi connectivity index (χ2n) is 9.81. The molecule has 0 aliphatic rings. The molecule has 2 N–H and O–H groups in total. The molecule has 0 fully saturated rings. The Labute approximate surface area is 221 Å². The predicted molar refractivity (Wildman–Crippen MR) is 144 cm³/mol. The first-order valence-corrected chi connectivity index (χ1v) is 12.4. The van der Waals surface area contributed by atoms with E-state index in [0.717, 1.165) is 0 Å². The molecule has 1 atom stereocenters. The number of carbonyl (C=O) groups excluding carboxylic acids is 3. The van der Waals surface area contributed by atoms with Crippen LogP contribution in [-0.4, -0.2) is 38.3 Å². The van der Waals surface area contributed by atoms with Crippen LogP contribution in [0.5, 0.6) is 0 Å². The van der Waals surface area contributed by atoms with E-state index in [1.54, 1.807) is 43.3 Å². The van der Waals surface area contributed by atoms with Crippen LogP contribution in [0.4, 0.5) is 11.4 Å². The standard InChI is InChI=1S/C28H32N6O4/c1-6-28(4,5)30-27(37)26(24-16-11-18(2)38-24)34(21-14-12-20(13-15-21)29-19(3)35)25(36)17-33-23-10-8-7-9-22(23)31-32-33/h7-16,26H,6,17H2,1-5H3,(H,29,35)(H,30,37)/t26-/m0/s1. The predicted octanol–water partition coefficient (Wildman–Crippen LogP) is 4.37. The fourth-order valence-electron chi connectivity index (χ4n) is 4.05. The molecule has 0 unspecified atom stereocenters. The van der Waals surface area contributed by atoms with Gasteiger partial charge in [0, 0.05) is 23.8 Å². The Morgan fingerprint density at radius 3 is 2.39 bits per heavy atom. The van der Waals surface area contributed by atoms with Crippen molar-refractivity contribution in [3.63, 3.8) is 0 Å². The third-order valence-corrected chi connectivity index (χ3v) is 6.32. The normalized spacial score (nSPS) is 12.2. The molecule has 2 aromatic carbocycles. The number of carbonyl (C=O) groups is 3. The van der Waals surface area contributed by atoms with Crippen LogP contribution in [0.15, 0.2) is 65.1 Å². The summed E-state index contributed by atoms with van der Waals surface area (Å²) in [5.74, 6) is -0.0444. The van der Waals surface area contributed by atoms with E-state index >= 15 is 0 Å². The van der Waals surface area contributed by atoms with E-state index in [0.29, 0.717) is 40.3 Å². The Balaban J connectivity index is 1.80. The van der Waals surface area contributed by atoms with Crippen LogP contribution in [0.1, 0.15) is 51.7 Å². The molecule has 38 heavy (non-hydrogen) atoms. The third kappa shape index (κ3) is 5.91. The van der Waals surface area contributed by atoms with Gasteiger partial charge < -0.3 is 15.1 Å². The average molecular weight is 517 g/mol. The molecular weight excluding hydrogens is 484 g/mol. The van der Waals surface area contributed by atoms with Gasteiger partial charge in [-0.1, -0.05) is 24.3 Å². The summed E-state index contributed by atoms with van der Waals surface area (Å²) in [7, 11) is 0. The van der Waals surface area contributed by atoms with E-state index in [2.05, 4.69) is 20.9 Å². The van der Waals surface area contributed by atoms with Crippen molar-refractivity contribution in [3.8, 4) is 0 Å². The smallest absolute Gasteiger partial charge is 0.251 e. The van der Waals surface area contributed by atoms with Gasteiger partial charge in [-0.25, -0.2) is 4.68 Å². The van der Waals surface area contributed by atoms with E-state index in [1.807, 2.05) is 45.0 Å². The molecule has 0 aliphatic heterocycles. The molecule has 0 saturated heterocycles. The highest BCUT2D eigenvalue weighted by Crippen LogP contribution is 2.31. The monoisotopic (exact) mass is 516 g/mol. The zero-order valence-corrected chi connectivity index (χ0v) is 22.2. The van der Waals surface area contributed by atoms with Crippen LogP contribution in [0, 0.1) is 6.92 Å². The van der Waals surface area contributed by atoms with Crippen molar-refractivity contribution >= 4 is 40.1 Å². The first-order valence-electron chi connectivity index (χ1n) is 12.4. The summed E-state index contributed by atoms with van der Waals surface area (Å²) in [6.07, 6.45) is 0.687. The first-order chi connectivity index (χ1) is 18.1. The van der Waals surface area contributed by atoms with Gasteiger partial charge >= 0.3 is 0 Å². The molecule has 2 aromatic heterocycles. The van der Waals surface area contributed by atoms with Gasteiger partial charge in [-0.05, 0) is 75.7 Å². The molecule has 0 saturated carbocycles. The summed E-state index contributed by atoms with van der Waals surface area (Å²) in [6, 6.07) is 16.4. The lowest BCUT2D eigenvalue weighted by Gasteiger charge is -2.33. The number of para-hydroxylation sites is 1. The van der Waals surface area contributed by atoms with E-state index in [-0.39, 0.29) is 18.4 Å². The van der Waals surface area contributed by atoms with Crippen molar-refractivity contribution in [2.24, 2.45) is 0 Å². The van der Waals surface area contributed by atoms with Gasteiger partial charge in [-0.2, -0.15) is 0 Å². The van der Waals surface area contributed by atoms with Crippen LogP contribution in [0.25, 0.3) is 11.0 Å². The van der Waals surface area contributed by atoms with Crippen molar-refractivity contribution in [2.75, 3.05) is 10.2 Å². The van der Waals surface area contributed by atoms with Crippen LogP contribution in [0.2, 0.25) is 0 Å². The van der Waals surface area contributed by atoms with Gasteiger partial charge in [-0.3, -0.25) is 19.3 Å². The Kier molecular flexibility index (Phi) is 7.61. The van der Waals surface area contributed by atoms with Crippen molar-refractivity contribution in [3.05, 3.63) is 72.2 Å². The summed E-state index contributed by atoms with van der Waals surface area (Å²) < 4.78 is 7.41. The van der Waals surface area contributed by atoms with Crippen molar-refractivity contribution in [1.82, 2.24) is 20.3 Å². The molecule has 0 bridgehead atoms. The molecule has 10 heteroatoms. The van der Waals surface area contributed by atoms with Gasteiger partial charge in [0.2, 0.25) is 11.8 Å². The molecule has 10 nitrogen and oxygen atoms in total. The SMILES string of the molecule is CCC(C)(C)NC(=O)[C@H](c1ccc(C)o1)N(C(=O)Cn1nnc2ccccc21)c1ccc(NC(C)=O)cc1. The fraction of sp³-hybridized carbons (Fsp3) is 0.321. The molecule has 4 rings (SSSR count). The number of anilines is 2. The molecule has 0 aliphatic carbocycles. The maximum atomic E-state index is 14.0. The molecule has 3 amide bonds. The van der Waals surface area contributed by atoms with E-state index < -0.39 is 17.5 Å². The Bertz CT molecular complexity index is 1450. The molecule has 0 radical (unpaired) electrons. The topological polar surface area (TPSA) is 122 Å². The number of furan rings is 1. The summed E-state index contributed by atoms with van der Waals surface area (Å²) in [5.41, 5.74) is 1.87. The fourth-order valence-corrected chi connectivity index (χ4v) is 4.05. The van der Waals surface area contributed by atoms with E-state index in [4.69, 9.17) is 4.42 Å². The van der Waals surface area contributed by atoms with E-state index in [1.165, 1.54) is 16.5 Å². The van der Waals surface area contributed by atoms with Gasteiger partial charge in [0.25, 0.3) is 5.91 Å². The number of nitrogens with one attached hydrogen (secondary N) is 2. The van der Waals surface area contributed by atoms with Crippen molar-refractivity contribution in [2.45, 2.75) is 59.2 Å². The number of rotatable bonds is 9. The highest BCUT2D eigenvalue weighted by Gasteiger charge is 2.37. The van der Waals surface area contributed by atoms with Crippen molar-refractivity contribution in [1.29, 1.82) is 0 Å². The van der Waals surface area contributed by atoms with Crippen LogP contribution < -0.4 is 15.5 Å². The first kappa shape index (κ1) is 26.6. The highest BCUT2D eigenvalue weighted by molar-refractivity contribution is 6.01. The Morgan fingerprint density at radius 1 is 1.05 bits per heavy atom. The highest BCUT2D eigenvalue weighted by atomic mass is 16.3. The van der Waals surface area contributed by atoms with Gasteiger partial charge in [0.05, 0.1) is 5.52 Å². The molecule has 198 valence electrons. The zero-order chi connectivity index (χ0) is 27.4. The van der Waals surface area contributed by atoms with Gasteiger partial charge in [0.1, 0.15) is 23.6 Å². The van der Waals surface area contributed by atoms with Crippen LogP contribution in [0.3, 0.4) is 0 Å². The van der Waals surface area contributed by atoms with Crippen LogP contribution >= 0.6 is 0 Å². The second kappa shape index (κ2) is 10.9. The minimum Gasteiger partial charge on any atom is -0.464 e. The van der Waals surface area contributed by atoms with Crippen LogP contribution in [-0.2, 0) is 20.9 Å². The summed E-state index contributed by atoms with van der Waals surface area (Å²) >= 11 is 0. The summed E-state index contributed by atoms with van der Waals surface area (Å²) in [6.45, 7) is 8.86. The number of aryl methyl sites for hydroxylation is 1. The van der Waals surface area contributed by atoms with E-state index in [9.17, 15) is 14.4 Å². The maximum absolute atomic E-state index is 14.0. The molecule has 4 aromatic rings. The lowest BCUT2D eigenvalue weighted by molar-refractivity contribution is -0.128. The quantitative estimate of drug-likeness (QED) is 0.341. The Hall–Kier alpha value is -4.47. The number of hydrogen-bond donors (Lipinski definition) is 2. The minimum atomic E-state index is -1.09. The number of fused-ring (bicyclic) bond motifs is 1. The lowest BCUT2D eigenvalue weighted by atomic mass is 10.0. The third-order valence-electron chi connectivity index (χ3n) is 6.32.